The molecule has 2 fully saturated rings. The van der Waals surface area contributed by atoms with Gasteiger partial charge in [0.05, 0.1) is 13.2 Å². The summed E-state index contributed by atoms with van der Waals surface area (Å²) in [6.45, 7) is 2.35. The molecule has 1 aliphatic carbocycles. The Morgan fingerprint density at radius 2 is 2.30 bits per heavy atom. The van der Waals surface area contributed by atoms with E-state index in [0.29, 0.717) is 25.8 Å². The minimum Gasteiger partial charge on any atom is -0.377 e. The third-order valence-electron chi connectivity index (χ3n) is 3.83. The van der Waals surface area contributed by atoms with Crippen molar-refractivity contribution in [2.24, 2.45) is 5.73 Å². The highest BCUT2D eigenvalue weighted by molar-refractivity contribution is 5.86. The molecule has 20 heavy (non-hydrogen) atoms. The molecule has 2 aliphatic rings. The summed E-state index contributed by atoms with van der Waals surface area (Å²) in [5.41, 5.74) is 7.82. The maximum atomic E-state index is 12.3. The molecule has 108 valence electrons. The Morgan fingerprint density at radius 1 is 1.45 bits per heavy atom. The minimum atomic E-state index is -0.239. The Morgan fingerprint density at radius 3 is 3.05 bits per heavy atom. The topological polar surface area (TPSA) is 67.6 Å². The predicted molar refractivity (Wildman–Crippen MR) is 77.5 cm³/mol. The van der Waals surface area contributed by atoms with E-state index in [4.69, 9.17) is 10.5 Å². The van der Waals surface area contributed by atoms with Gasteiger partial charge in [0.25, 0.3) is 0 Å². The van der Waals surface area contributed by atoms with Gasteiger partial charge in [0.15, 0.2) is 0 Å². The fraction of sp³-hybridized carbons (Fsp3) is 0.533. The Balaban J connectivity index is 1.77. The van der Waals surface area contributed by atoms with Crippen LogP contribution in [0, 0.1) is 0 Å². The van der Waals surface area contributed by atoms with Crippen molar-refractivity contribution in [3.8, 4) is 0 Å². The third kappa shape index (κ3) is 2.94. The molecule has 1 heterocycles. The van der Waals surface area contributed by atoms with Crippen LogP contribution in [0.4, 0.5) is 5.69 Å². The Bertz CT molecular complexity index is 488. The molecule has 5 nitrogen and oxygen atoms in total. The summed E-state index contributed by atoms with van der Waals surface area (Å²) < 4.78 is 5.49. The van der Waals surface area contributed by atoms with Crippen LogP contribution in [0.5, 0.6) is 0 Å². The summed E-state index contributed by atoms with van der Waals surface area (Å²) in [7, 11) is 0. The van der Waals surface area contributed by atoms with Crippen molar-refractivity contribution < 1.29 is 9.53 Å². The summed E-state index contributed by atoms with van der Waals surface area (Å²) >= 11 is 0. The largest absolute Gasteiger partial charge is 0.377 e. The maximum Gasteiger partial charge on any atom is 0.245 e. The second-order valence-electron chi connectivity index (χ2n) is 5.44. The average molecular weight is 275 g/mol. The summed E-state index contributed by atoms with van der Waals surface area (Å²) in [4.78, 5) is 14.5. The second-order valence-corrected chi connectivity index (χ2v) is 5.44. The van der Waals surface area contributed by atoms with Crippen LogP contribution >= 0.6 is 0 Å². The molecular formula is C15H21N3O2. The van der Waals surface area contributed by atoms with E-state index in [-0.39, 0.29) is 11.9 Å². The molecule has 0 aromatic heterocycles. The first-order valence-electron chi connectivity index (χ1n) is 7.21. The molecule has 3 rings (SSSR count). The van der Waals surface area contributed by atoms with Gasteiger partial charge in [-0.05, 0) is 30.5 Å². The van der Waals surface area contributed by atoms with E-state index in [1.807, 2.05) is 18.2 Å². The molecular weight excluding hydrogens is 254 g/mol. The number of anilines is 1. The first-order chi connectivity index (χ1) is 9.78. The number of benzene rings is 1. The van der Waals surface area contributed by atoms with Gasteiger partial charge in [0, 0.05) is 24.8 Å². The highest BCUT2D eigenvalue weighted by atomic mass is 16.5. The van der Waals surface area contributed by atoms with Crippen LogP contribution in [0.3, 0.4) is 0 Å². The van der Waals surface area contributed by atoms with Gasteiger partial charge in [-0.1, -0.05) is 12.1 Å². The normalized spacial score (nSPS) is 22.6. The minimum absolute atomic E-state index is 0.0744. The van der Waals surface area contributed by atoms with E-state index in [9.17, 15) is 4.79 Å². The zero-order valence-corrected chi connectivity index (χ0v) is 11.5. The van der Waals surface area contributed by atoms with Gasteiger partial charge in [0.2, 0.25) is 5.91 Å². The first kappa shape index (κ1) is 13.4. The van der Waals surface area contributed by atoms with Crippen LogP contribution in [0.25, 0.3) is 0 Å². The molecule has 1 unspecified atom stereocenters. The molecule has 5 heteroatoms. The molecule has 1 saturated carbocycles. The van der Waals surface area contributed by atoms with Crippen molar-refractivity contribution >= 4 is 11.6 Å². The average Bonchev–Trinajstić information content (AvgIpc) is 3.31. The van der Waals surface area contributed by atoms with Crippen LogP contribution in [-0.4, -0.2) is 37.7 Å². The second kappa shape index (κ2) is 5.81. The van der Waals surface area contributed by atoms with E-state index >= 15 is 0 Å². The molecule has 1 aromatic rings. The lowest BCUT2D eigenvalue weighted by molar-refractivity contribution is -0.124. The Kier molecular flexibility index (Phi) is 3.89. The van der Waals surface area contributed by atoms with Crippen LogP contribution < -0.4 is 16.0 Å². The zero-order valence-electron chi connectivity index (χ0n) is 11.5. The van der Waals surface area contributed by atoms with Crippen molar-refractivity contribution in [3.63, 3.8) is 0 Å². The Labute approximate surface area is 119 Å². The van der Waals surface area contributed by atoms with Gasteiger partial charge in [-0.15, -0.1) is 0 Å². The van der Waals surface area contributed by atoms with E-state index in [1.165, 1.54) is 0 Å². The number of rotatable bonds is 4. The smallest absolute Gasteiger partial charge is 0.245 e. The molecule has 1 aromatic carbocycles. The zero-order chi connectivity index (χ0) is 13.9. The molecule has 1 saturated heterocycles. The standard InChI is InChI=1S/C15H21N3O2/c16-9-11-2-1-3-13(8-11)18-6-7-20-10-14(18)15(19)17-12-4-5-12/h1-3,8,12,14H,4-7,9-10,16H2,(H,17,19). The van der Waals surface area contributed by atoms with Crippen LogP contribution in [-0.2, 0) is 16.1 Å². The lowest BCUT2D eigenvalue weighted by Crippen LogP contribution is -2.54. The van der Waals surface area contributed by atoms with Gasteiger partial charge in [-0.3, -0.25) is 4.79 Å². The monoisotopic (exact) mass is 275 g/mol. The highest BCUT2D eigenvalue weighted by Crippen LogP contribution is 2.23. The predicted octanol–water partition coefficient (Wildman–Crippen LogP) is 0.629. The van der Waals surface area contributed by atoms with E-state index in [2.05, 4.69) is 16.3 Å². The third-order valence-corrected chi connectivity index (χ3v) is 3.83. The first-order valence-corrected chi connectivity index (χ1v) is 7.21. The van der Waals surface area contributed by atoms with Crippen LogP contribution in [0.15, 0.2) is 24.3 Å². The van der Waals surface area contributed by atoms with Crippen LogP contribution in [0.2, 0.25) is 0 Å². The molecule has 0 bridgehead atoms. The van der Waals surface area contributed by atoms with E-state index < -0.39 is 0 Å². The van der Waals surface area contributed by atoms with Gasteiger partial charge < -0.3 is 20.7 Å². The lowest BCUT2D eigenvalue weighted by Gasteiger charge is -2.36. The summed E-state index contributed by atoms with van der Waals surface area (Å²) in [5, 5.41) is 3.07. The number of hydrogen-bond donors (Lipinski definition) is 2. The number of nitrogens with one attached hydrogen (secondary N) is 1. The summed E-state index contributed by atoms with van der Waals surface area (Å²) in [6.07, 6.45) is 2.20. The van der Waals surface area contributed by atoms with Crippen molar-refractivity contribution in [2.45, 2.75) is 31.5 Å². The quantitative estimate of drug-likeness (QED) is 0.846. The summed E-state index contributed by atoms with van der Waals surface area (Å²) in [6, 6.07) is 8.22. The highest BCUT2D eigenvalue weighted by Gasteiger charge is 2.33. The number of ether oxygens (including phenoxy) is 1. The number of hydrogen-bond acceptors (Lipinski definition) is 4. The van der Waals surface area contributed by atoms with Crippen molar-refractivity contribution in [1.82, 2.24) is 5.32 Å². The van der Waals surface area contributed by atoms with E-state index in [1.54, 1.807) is 0 Å². The number of amides is 1. The fourth-order valence-electron chi connectivity index (χ4n) is 2.52. The molecule has 0 radical (unpaired) electrons. The molecule has 1 aliphatic heterocycles. The molecule has 1 amide bonds. The molecule has 1 atom stereocenters. The van der Waals surface area contributed by atoms with Gasteiger partial charge in [-0.25, -0.2) is 0 Å². The fourth-order valence-corrected chi connectivity index (χ4v) is 2.52. The maximum absolute atomic E-state index is 12.3. The number of morpholine rings is 1. The van der Waals surface area contributed by atoms with Crippen LogP contribution in [0.1, 0.15) is 18.4 Å². The van der Waals surface area contributed by atoms with Crippen molar-refractivity contribution in [1.29, 1.82) is 0 Å². The van der Waals surface area contributed by atoms with Crippen molar-refractivity contribution in [2.75, 3.05) is 24.7 Å². The number of carbonyl (C=O) groups excluding carboxylic acids is 1. The van der Waals surface area contributed by atoms with Gasteiger partial charge in [0.1, 0.15) is 6.04 Å². The number of carbonyl (C=O) groups is 1. The van der Waals surface area contributed by atoms with Gasteiger partial charge >= 0.3 is 0 Å². The van der Waals surface area contributed by atoms with Gasteiger partial charge in [-0.2, -0.15) is 0 Å². The summed E-state index contributed by atoms with van der Waals surface area (Å²) in [5.74, 6) is 0.0744. The van der Waals surface area contributed by atoms with Crippen molar-refractivity contribution in [3.05, 3.63) is 29.8 Å². The lowest BCUT2D eigenvalue weighted by atomic mass is 10.1. The SMILES string of the molecule is NCc1cccc(N2CCOCC2C(=O)NC2CC2)c1. The van der Waals surface area contributed by atoms with E-state index in [0.717, 1.165) is 30.6 Å². The number of nitrogens with zero attached hydrogens (tertiary/aromatic N) is 1. The molecule has 3 N–H and O–H groups in total. The Hall–Kier alpha value is -1.59. The number of nitrogens with two attached hydrogens (primary N) is 1. The molecule has 0 spiro atoms.